The molecule has 3 rings (SSSR count). The van der Waals surface area contributed by atoms with E-state index < -0.39 is 35.5 Å². The topological polar surface area (TPSA) is 59.1 Å². The molecular weight excluding hydrogens is 379 g/mol. The summed E-state index contributed by atoms with van der Waals surface area (Å²) >= 11 is 0. The molecule has 1 heterocycles. The summed E-state index contributed by atoms with van der Waals surface area (Å²) in [6, 6.07) is 8.79. The van der Waals surface area contributed by atoms with Crippen LogP contribution in [0.4, 0.5) is 22.0 Å². The minimum absolute atomic E-state index is 0.0245. The lowest BCUT2D eigenvalue weighted by molar-refractivity contribution is -0.140. The van der Waals surface area contributed by atoms with Crippen molar-refractivity contribution in [3.8, 4) is 11.1 Å². The monoisotopic (exact) mass is 394 g/mol. The second-order valence-corrected chi connectivity index (χ2v) is 6.22. The van der Waals surface area contributed by atoms with Gasteiger partial charge < -0.3 is 10.8 Å². The van der Waals surface area contributed by atoms with Gasteiger partial charge in [0.15, 0.2) is 0 Å². The molecule has 0 saturated heterocycles. The zero-order valence-corrected chi connectivity index (χ0v) is 14.3. The van der Waals surface area contributed by atoms with Crippen molar-refractivity contribution in [2.24, 2.45) is 5.73 Å². The number of aromatic nitrogens is 1. The van der Waals surface area contributed by atoms with Crippen LogP contribution in [-0.4, -0.2) is 10.1 Å². The third kappa shape index (κ3) is 4.18. The van der Waals surface area contributed by atoms with Crippen LogP contribution in [0.25, 0.3) is 11.1 Å². The van der Waals surface area contributed by atoms with Gasteiger partial charge in [-0.05, 0) is 34.9 Å². The highest BCUT2D eigenvalue weighted by Gasteiger charge is 2.34. The van der Waals surface area contributed by atoms with Crippen molar-refractivity contribution in [1.29, 1.82) is 0 Å². The fourth-order valence-corrected chi connectivity index (χ4v) is 2.80. The van der Waals surface area contributed by atoms with Crippen LogP contribution >= 0.6 is 0 Å². The van der Waals surface area contributed by atoms with Crippen molar-refractivity contribution in [2.75, 3.05) is 0 Å². The second-order valence-electron chi connectivity index (χ2n) is 6.22. The number of hydrogen-bond acceptors (Lipinski definition) is 3. The molecule has 0 spiro atoms. The first-order valence-corrected chi connectivity index (χ1v) is 8.18. The Hall–Kier alpha value is -2.84. The van der Waals surface area contributed by atoms with E-state index in [1.165, 1.54) is 12.3 Å². The number of rotatable bonds is 4. The Bertz CT molecular complexity index is 973. The largest absolute Gasteiger partial charge is 0.419 e. The fraction of sp³-hybridized carbons (Fsp3) is 0.150. The van der Waals surface area contributed by atoms with Gasteiger partial charge in [-0.3, -0.25) is 4.98 Å². The first-order chi connectivity index (χ1) is 13.2. The molecule has 3 nitrogen and oxygen atoms in total. The molecule has 0 amide bonds. The molecule has 0 bridgehead atoms. The van der Waals surface area contributed by atoms with Gasteiger partial charge in [0.2, 0.25) is 0 Å². The number of benzene rings is 2. The standard InChI is InChI=1S/C20H15F5N2O/c21-15-7-14(9-27-10-15)11-1-3-12(4-2-11)19(28)18(26)13-5-6-16(17(22)8-13)20(23,24)25/h1-10,18-19,28H,26H2. The molecule has 0 aliphatic rings. The normalized spacial score (nSPS) is 14.0. The minimum atomic E-state index is -4.81. The summed E-state index contributed by atoms with van der Waals surface area (Å²) in [6.45, 7) is 0. The molecule has 3 N–H and O–H groups in total. The average molecular weight is 394 g/mol. The van der Waals surface area contributed by atoms with Crippen LogP contribution in [0.2, 0.25) is 0 Å². The van der Waals surface area contributed by atoms with E-state index in [0.717, 1.165) is 12.3 Å². The highest BCUT2D eigenvalue weighted by atomic mass is 19.4. The molecule has 2 atom stereocenters. The number of hydrogen-bond donors (Lipinski definition) is 2. The number of aliphatic hydroxyl groups excluding tert-OH is 1. The zero-order chi connectivity index (χ0) is 20.5. The van der Waals surface area contributed by atoms with Gasteiger partial charge in [-0.15, -0.1) is 0 Å². The molecule has 0 fully saturated rings. The summed E-state index contributed by atoms with van der Waals surface area (Å²) < 4.78 is 65.0. The Morgan fingerprint density at radius 2 is 1.50 bits per heavy atom. The van der Waals surface area contributed by atoms with Crippen LogP contribution in [0.1, 0.15) is 28.8 Å². The highest BCUT2D eigenvalue weighted by molar-refractivity contribution is 5.62. The third-order valence-electron chi connectivity index (χ3n) is 4.31. The Labute approximate surface area is 157 Å². The lowest BCUT2D eigenvalue weighted by atomic mass is 9.94. The summed E-state index contributed by atoms with van der Waals surface area (Å²) in [5.41, 5.74) is 6.10. The van der Waals surface area contributed by atoms with E-state index in [0.29, 0.717) is 28.8 Å². The molecular formula is C20H15F5N2O. The number of nitrogens with zero attached hydrogens (tertiary/aromatic N) is 1. The minimum Gasteiger partial charge on any atom is -0.386 e. The maximum atomic E-state index is 13.8. The van der Waals surface area contributed by atoms with E-state index in [1.807, 2.05) is 0 Å². The van der Waals surface area contributed by atoms with Gasteiger partial charge in [0.05, 0.1) is 23.9 Å². The quantitative estimate of drug-likeness (QED) is 0.626. The van der Waals surface area contributed by atoms with Gasteiger partial charge in [-0.25, -0.2) is 8.78 Å². The number of aliphatic hydroxyl groups is 1. The van der Waals surface area contributed by atoms with Gasteiger partial charge in [0.1, 0.15) is 11.6 Å². The SMILES string of the molecule is NC(c1ccc(C(F)(F)F)c(F)c1)C(O)c1ccc(-c2cncc(F)c2)cc1. The van der Waals surface area contributed by atoms with Crippen molar-refractivity contribution in [2.45, 2.75) is 18.3 Å². The third-order valence-corrected chi connectivity index (χ3v) is 4.31. The van der Waals surface area contributed by atoms with Crippen molar-refractivity contribution in [1.82, 2.24) is 4.98 Å². The van der Waals surface area contributed by atoms with Gasteiger partial charge in [-0.2, -0.15) is 13.2 Å². The summed E-state index contributed by atoms with van der Waals surface area (Å²) in [7, 11) is 0. The van der Waals surface area contributed by atoms with E-state index in [1.54, 1.807) is 24.3 Å². The molecule has 28 heavy (non-hydrogen) atoms. The molecule has 2 aromatic carbocycles. The summed E-state index contributed by atoms with van der Waals surface area (Å²) in [5.74, 6) is -1.95. The Morgan fingerprint density at radius 3 is 2.07 bits per heavy atom. The van der Waals surface area contributed by atoms with Crippen LogP contribution in [0.5, 0.6) is 0 Å². The molecule has 0 aliphatic heterocycles. The molecule has 0 aliphatic carbocycles. The molecule has 0 saturated carbocycles. The van der Waals surface area contributed by atoms with Crippen LogP contribution in [0.15, 0.2) is 60.9 Å². The van der Waals surface area contributed by atoms with E-state index in [9.17, 15) is 27.1 Å². The van der Waals surface area contributed by atoms with E-state index in [4.69, 9.17) is 5.73 Å². The fourth-order valence-electron chi connectivity index (χ4n) is 2.80. The highest BCUT2D eigenvalue weighted by Crippen LogP contribution is 2.34. The van der Waals surface area contributed by atoms with E-state index in [2.05, 4.69) is 4.98 Å². The lowest BCUT2D eigenvalue weighted by Crippen LogP contribution is -2.20. The molecule has 2 unspecified atom stereocenters. The Morgan fingerprint density at radius 1 is 0.857 bits per heavy atom. The predicted molar refractivity (Wildman–Crippen MR) is 92.9 cm³/mol. The maximum absolute atomic E-state index is 13.8. The number of pyridine rings is 1. The number of nitrogens with two attached hydrogens (primary N) is 1. The second kappa shape index (κ2) is 7.65. The van der Waals surface area contributed by atoms with Crippen LogP contribution in [-0.2, 0) is 6.18 Å². The molecule has 1 aromatic heterocycles. The van der Waals surface area contributed by atoms with Crippen molar-refractivity contribution in [3.05, 3.63) is 89.2 Å². The average Bonchev–Trinajstić information content (AvgIpc) is 2.66. The van der Waals surface area contributed by atoms with Crippen LogP contribution in [0.3, 0.4) is 0 Å². The van der Waals surface area contributed by atoms with Gasteiger partial charge in [0, 0.05) is 11.8 Å². The van der Waals surface area contributed by atoms with Crippen molar-refractivity contribution >= 4 is 0 Å². The number of alkyl halides is 3. The summed E-state index contributed by atoms with van der Waals surface area (Å²) in [4.78, 5) is 3.76. The van der Waals surface area contributed by atoms with Gasteiger partial charge >= 0.3 is 6.18 Å². The lowest BCUT2D eigenvalue weighted by Gasteiger charge is -2.21. The van der Waals surface area contributed by atoms with Gasteiger partial charge in [-0.1, -0.05) is 30.3 Å². The van der Waals surface area contributed by atoms with Crippen LogP contribution < -0.4 is 5.73 Å². The zero-order valence-electron chi connectivity index (χ0n) is 14.3. The van der Waals surface area contributed by atoms with E-state index in [-0.39, 0.29) is 5.56 Å². The predicted octanol–water partition coefficient (Wildman–Crippen LogP) is 4.78. The Kier molecular flexibility index (Phi) is 5.44. The summed E-state index contributed by atoms with van der Waals surface area (Å²) in [6.07, 6.45) is -3.54. The number of halogens is 5. The van der Waals surface area contributed by atoms with Crippen LogP contribution in [0, 0.1) is 11.6 Å². The summed E-state index contributed by atoms with van der Waals surface area (Å²) in [5, 5.41) is 10.4. The molecule has 3 aromatic rings. The Balaban J connectivity index is 1.81. The van der Waals surface area contributed by atoms with Crippen molar-refractivity contribution in [3.63, 3.8) is 0 Å². The first kappa shape index (κ1) is 19.9. The first-order valence-electron chi connectivity index (χ1n) is 8.18. The molecule has 8 heteroatoms. The van der Waals surface area contributed by atoms with Gasteiger partial charge in [0.25, 0.3) is 0 Å². The maximum Gasteiger partial charge on any atom is 0.419 e. The molecule has 146 valence electrons. The molecule has 0 radical (unpaired) electrons. The smallest absolute Gasteiger partial charge is 0.386 e. The van der Waals surface area contributed by atoms with E-state index >= 15 is 0 Å². The van der Waals surface area contributed by atoms with Crippen molar-refractivity contribution < 1.29 is 27.1 Å².